The van der Waals surface area contributed by atoms with Gasteiger partial charge in [-0.3, -0.25) is 14.5 Å². The molecular weight excluding hydrogens is 268 g/mol. The molecule has 0 radical (unpaired) electrons. The van der Waals surface area contributed by atoms with Crippen LogP contribution >= 0.6 is 0 Å². The van der Waals surface area contributed by atoms with E-state index in [2.05, 4.69) is 0 Å². The van der Waals surface area contributed by atoms with Crippen LogP contribution in [0.25, 0.3) is 5.57 Å². The van der Waals surface area contributed by atoms with Gasteiger partial charge in [-0.25, -0.2) is 0 Å². The molecule has 0 atom stereocenters. The first kappa shape index (κ1) is 15.3. The lowest BCUT2D eigenvalue weighted by molar-refractivity contribution is -0.137. The van der Waals surface area contributed by atoms with Crippen molar-refractivity contribution in [2.24, 2.45) is 0 Å². The Hall–Kier alpha value is -2.14. The minimum atomic E-state index is -0.297. The van der Waals surface area contributed by atoms with Gasteiger partial charge in [0, 0.05) is 20.1 Å². The summed E-state index contributed by atoms with van der Waals surface area (Å²) in [5.74, 6) is -0.569. The Kier molecular flexibility index (Phi) is 4.43. The number of likely N-dealkylation sites (N-methyl/N-ethyl adjacent to an activating group) is 2. The molecule has 21 heavy (non-hydrogen) atoms. The Morgan fingerprint density at radius 3 is 2.29 bits per heavy atom. The summed E-state index contributed by atoms with van der Waals surface area (Å²) in [4.78, 5) is 27.8. The van der Waals surface area contributed by atoms with Gasteiger partial charge in [0.25, 0.3) is 11.8 Å². The third-order valence-electron chi connectivity index (χ3n) is 3.62. The van der Waals surface area contributed by atoms with Crippen LogP contribution in [0.5, 0.6) is 0 Å². The molecule has 5 nitrogen and oxygen atoms in total. The van der Waals surface area contributed by atoms with Gasteiger partial charge >= 0.3 is 0 Å². The van der Waals surface area contributed by atoms with Gasteiger partial charge in [0.15, 0.2) is 0 Å². The molecule has 0 bridgehead atoms. The van der Waals surface area contributed by atoms with Crippen molar-refractivity contribution < 1.29 is 14.7 Å². The minimum Gasteiger partial charge on any atom is -0.395 e. The van der Waals surface area contributed by atoms with Gasteiger partial charge in [-0.15, -0.1) is 0 Å². The lowest BCUT2D eigenvalue weighted by atomic mass is 10.0. The molecule has 2 rings (SSSR count). The molecule has 0 aromatic heterocycles. The fraction of sp³-hybridized carbons (Fsp3) is 0.375. The van der Waals surface area contributed by atoms with E-state index in [1.165, 1.54) is 4.90 Å². The highest BCUT2D eigenvalue weighted by atomic mass is 16.3. The van der Waals surface area contributed by atoms with Crippen molar-refractivity contribution in [3.63, 3.8) is 0 Å². The predicted octanol–water partition coefficient (Wildman–Crippen LogP) is 1.02. The standard InChI is InChI=1S/C16H20N2O3/c1-4-18-15(20)13(12-7-5-11(2)6-8-12)14(16(18)21)17(3)9-10-19/h5-8,19H,4,9-10H2,1-3H3. The zero-order valence-electron chi connectivity index (χ0n) is 12.6. The number of carbonyl (C=O) groups is 2. The second kappa shape index (κ2) is 6.10. The first-order valence-electron chi connectivity index (χ1n) is 7.00. The topological polar surface area (TPSA) is 60.9 Å². The molecule has 1 heterocycles. The number of rotatable bonds is 5. The van der Waals surface area contributed by atoms with Gasteiger partial charge in [0.2, 0.25) is 0 Å². The lowest BCUT2D eigenvalue weighted by Gasteiger charge is -2.19. The number of aliphatic hydroxyl groups is 1. The van der Waals surface area contributed by atoms with Crippen LogP contribution in [-0.4, -0.2) is 53.5 Å². The van der Waals surface area contributed by atoms with Crippen LogP contribution in [0.3, 0.4) is 0 Å². The van der Waals surface area contributed by atoms with Crippen molar-refractivity contribution in [1.29, 1.82) is 0 Å². The SMILES string of the molecule is CCN1C(=O)C(c2ccc(C)cc2)=C(N(C)CCO)C1=O. The summed E-state index contributed by atoms with van der Waals surface area (Å²) in [7, 11) is 1.71. The fourth-order valence-electron chi connectivity index (χ4n) is 2.45. The molecule has 0 aliphatic carbocycles. The predicted molar refractivity (Wildman–Crippen MR) is 80.2 cm³/mol. The molecule has 0 fully saturated rings. The van der Waals surface area contributed by atoms with Gasteiger partial charge in [-0.05, 0) is 19.4 Å². The van der Waals surface area contributed by atoms with Crippen molar-refractivity contribution in [2.45, 2.75) is 13.8 Å². The van der Waals surface area contributed by atoms with Crippen LogP contribution in [-0.2, 0) is 9.59 Å². The van der Waals surface area contributed by atoms with Crippen molar-refractivity contribution in [3.05, 3.63) is 41.1 Å². The Balaban J connectivity index is 2.55. The van der Waals surface area contributed by atoms with Crippen molar-refractivity contribution >= 4 is 17.4 Å². The molecule has 1 aromatic carbocycles. The Morgan fingerprint density at radius 2 is 1.76 bits per heavy atom. The van der Waals surface area contributed by atoms with E-state index in [1.807, 2.05) is 31.2 Å². The molecule has 1 aromatic rings. The highest BCUT2D eigenvalue weighted by Gasteiger charge is 2.39. The molecule has 0 saturated carbocycles. The number of amides is 2. The third kappa shape index (κ3) is 2.69. The van der Waals surface area contributed by atoms with Crippen LogP contribution < -0.4 is 0 Å². The normalized spacial score (nSPS) is 15.1. The number of hydrogen-bond donors (Lipinski definition) is 1. The zero-order chi connectivity index (χ0) is 15.6. The Bertz CT molecular complexity index is 590. The zero-order valence-corrected chi connectivity index (χ0v) is 12.6. The first-order valence-corrected chi connectivity index (χ1v) is 7.00. The van der Waals surface area contributed by atoms with Crippen LogP contribution in [0.2, 0.25) is 0 Å². The van der Waals surface area contributed by atoms with Crippen molar-refractivity contribution in [3.8, 4) is 0 Å². The van der Waals surface area contributed by atoms with Crippen LogP contribution in [0.1, 0.15) is 18.1 Å². The molecule has 2 amide bonds. The molecule has 0 unspecified atom stereocenters. The number of nitrogens with zero attached hydrogens (tertiary/aromatic N) is 2. The summed E-state index contributed by atoms with van der Waals surface area (Å²) in [5.41, 5.74) is 2.60. The van der Waals surface area contributed by atoms with E-state index < -0.39 is 0 Å². The number of carbonyl (C=O) groups excluding carboxylic acids is 2. The quantitative estimate of drug-likeness (QED) is 0.822. The summed E-state index contributed by atoms with van der Waals surface area (Å²) >= 11 is 0. The molecule has 0 spiro atoms. The Labute approximate surface area is 124 Å². The fourth-order valence-corrected chi connectivity index (χ4v) is 2.45. The second-order valence-corrected chi connectivity index (χ2v) is 5.09. The summed E-state index contributed by atoms with van der Waals surface area (Å²) in [5, 5.41) is 9.09. The monoisotopic (exact) mass is 288 g/mol. The van der Waals surface area contributed by atoms with Crippen LogP contribution in [0.15, 0.2) is 30.0 Å². The average Bonchev–Trinajstić information content (AvgIpc) is 2.71. The average molecular weight is 288 g/mol. The number of imide groups is 1. The van der Waals surface area contributed by atoms with Gasteiger partial charge in [0.05, 0.1) is 12.2 Å². The highest BCUT2D eigenvalue weighted by Crippen LogP contribution is 2.30. The first-order chi connectivity index (χ1) is 10.0. The molecule has 112 valence electrons. The van der Waals surface area contributed by atoms with Gasteiger partial charge in [-0.2, -0.15) is 0 Å². The summed E-state index contributed by atoms with van der Waals surface area (Å²) in [6, 6.07) is 7.53. The summed E-state index contributed by atoms with van der Waals surface area (Å²) in [6.07, 6.45) is 0. The third-order valence-corrected chi connectivity index (χ3v) is 3.62. The van der Waals surface area contributed by atoms with E-state index in [-0.39, 0.29) is 18.4 Å². The lowest BCUT2D eigenvalue weighted by Crippen LogP contribution is -2.34. The molecule has 5 heteroatoms. The van der Waals surface area contributed by atoms with Crippen molar-refractivity contribution in [2.75, 3.05) is 26.7 Å². The van der Waals surface area contributed by atoms with Gasteiger partial charge in [0.1, 0.15) is 5.70 Å². The number of hydrogen-bond acceptors (Lipinski definition) is 4. The summed E-state index contributed by atoms with van der Waals surface area (Å²) < 4.78 is 0. The molecule has 0 saturated heterocycles. The number of aryl methyl sites for hydroxylation is 1. The smallest absolute Gasteiger partial charge is 0.277 e. The molecule has 1 N–H and O–H groups in total. The largest absolute Gasteiger partial charge is 0.395 e. The van der Waals surface area contributed by atoms with E-state index in [0.717, 1.165) is 11.1 Å². The van der Waals surface area contributed by atoms with E-state index in [9.17, 15) is 9.59 Å². The van der Waals surface area contributed by atoms with Gasteiger partial charge < -0.3 is 10.0 Å². The minimum absolute atomic E-state index is 0.0746. The maximum atomic E-state index is 12.5. The maximum Gasteiger partial charge on any atom is 0.277 e. The molecule has 1 aliphatic heterocycles. The second-order valence-electron chi connectivity index (χ2n) is 5.09. The highest BCUT2D eigenvalue weighted by molar-refractivity contribution is 6.35. The number of benzene rings is 1. The van der Waals surface area contributed by atoms with Crippen molar-refractivity contribution in [1.82, 2.24) is 9.80 Å². The van der Waals surface area contributed by atoms with Crippen LogP contribution in [0.4, 0.5) is 0 Å². The van der Waals surface area contributed by atoms with Crippen LogP contribution in [0, 0.1) is 6.92 Å². The Morgan fingerprint density at radius 1 is 1.14 bits per heavy atom. The van der Waals surface area contributed by atoms with E-state index in [1.54, 1.807) is 18.9 Å². The van der Waals surface area contributed by atoms with E-state index in [0.29, 0.717) is 24.4 Å². The van der Waals surface area contributed by atoms with E-state index in [4.69, 9.17) is 5.11 Å². The molecular formula is C16H20N2O3. The summed E-state index contributed by atoms with van der Waals surface area (Å²) in [6.45, 7) is 4.31. The maximum absolute atomic E-state index is 12.5. The number of aliphatic hydroxyl groups excluding tert-OH is 1. The van der Waals surface area contributed by atoms with Gasteiger partial charge in [-0.1, -0.05) is 29.8 Å². The van der Waals surface area contributed by atoms with E-state index >= 15 is 0 Å². The molecule has 1 aliphatic rings.